The van der Waals surface area contributed by atoms with Crippen molar-refractivity contribution < 1.29 is 9.50 Å². The van der Waals surface area contributed by atoms with E-state index < -0.39 is 5.60 Å². The van der Waals surface area contributed by atoms with E-state index in [1.165, 1.54) is 12.1 Å². The quantitative estimate of drug-likeness (QED) is 0.826. The van der Waals surface area contributed by atoms with Gasteiger partial charge in [-0.15, -0.1) is 0 Å². The Morgan fingerprint density at radius 2 is 1.88 bits per heavy atom. The van der Waals surface area contributed by atoms with Crippen LogP contribution in [0.2, 0.25) is 0 Å². The summed E-state index contributed by atoms with van der Waals surface area (Å²) in [5.74, 6) is 0.738. The van der Waals surface area contributed by atoms with Crippen molar-refractivity contribution in [3.8, 4) is 0 Å². The molecule has 0 heterocycles. The molecule has 0 spiro atoms. The van der Waals surface area contributed by atoms with Gasteiger partial charge in [-0.1, -0.05) is 31.9 Å². The molecular formula is C15H21FO. The van der Waals surface area contributed by atoms with Crippen molar-refractivity contribution in [1.29, 1.82) is 0 Å². The van der Waals surface area contributed by atoms with E-state index in [9.17, 15) is 9.50 Å². The van der Waals surface area contributed by atoms with Gasteiger partial charge in [-0.05, 0) is 49.3 Å². The van der Waals surface area contributed by atoms with Crippen LogP contribution in [0.25, 0.3) is 0 Å². The largest absolute Gasteiger partial charge is 0.385 e. The van der Waals surface area contributed by atoms with Crippen molar-refractivity contribution in [2.45, 2.75) is 45.1 Å². The Bertz CT molecular complexity index is 378. The lowest BCUT2D eigenvalue weighted by molar-refractivity contribution is -0.0266. The third kappa shape index (κ3) is 2.68. The molecule has 17 heavy (non-hydrogen) atoms. The average molecular weight is 236 g/mol. The maximum Gasteiger partial charge on any atom is 0.123 e. The lowest BCUT2D eigenvalue weighted by Crippen LogP contribution is -2.34. The fourth-order valence-electron chi connectivity index (χ4n) is 2.86. The summed E-state index contributed by atoms with van der Waals surface area (Å²) in [6.07, 6.45) is 4.39. The topological polar surface area (TPSA) is 20.2 Å². The van der Waals surface area contributed by atoms with Gasteiger partial charge in [0.2, 0.25) is 0 Å². The van der Waals surface area contributed by atoms with Gasteiger partial charge in [-0.2, -0.15) is 0 Å². The van der Waals surface area contributed by atoms with Crippen molar-refractivity contribution in [3.05, 3.63) is 35.6 Å². The minimum atomic E-state index is -0.901. The van der Waals surface area contributed by atoms with Crippen LogP contribution in [-0.4, -0.2) is 5.11 Å². The molecule has 1 aromatic rings. The van der Waals surface area contributed by atoms with Crippen LogP contribution < -0.4 is 0 Å². The zero-order chi connectivity index (χ0) is 12.5. The third-order valence-corrected chi connectivity index (χ3v) is 4.22. The average Bonchev–Trinajstić information content (AvgIpc) is 2.29. The first-order valence-corrected chi connectivity index (χ1v) is 6.48. The van der Waals surface area contributed by atoms with E-state index in [4.69, 9.17) is 0 Å². The summed E-state index contributed by atoms with van der Waals surface area (Å²) in [5, 5.41) is 10.7. The maximum absolute atomic E-state index is 13.2. The van der Waals surface area contributed by atoms with E-state index in [0.29, 0.717) is 5.56 Å². The number of hydrogen-bond donors (Lipinski definition) is 1. The molecular weight excluding hydrogens is 215 g/mol. The van der Waals surface area contributed by atoms with Gasteiger partial charge in [0, 0.05) is 0 Å². The number of benzene rings is 1. The Balaban J connectivity index is 2.18. The van der Waals surface area contributed by atoms with Gasteiger partial charge in [0.15, 0.2) is 0 Å². The molecule has 1 unspecified atom stereocenters. The second-order valence-electron chi connectivity index (χ2n) is 5.61. The molecule has 1 aliphatic carbocycles. The van der Waals surface area contributed by atoms with Crippen LogP contribution in [0.15, 0.2) is 24.3 Å². The third-order valence-electron chi connectivity index (χ3n) is 4.22. The summed E-state index contributed by atoms with van der Waals surface area (Å²) >= 11 is 0. The smallest absolute Gasteiger partial charge is 0.123 e. The highest BCUT2D eigenvalue weighted by Crippen LogP contribution is 2.40. The first-order valence-electron chi connectivity index (χ1n) is 6.48. The zero-order valence-electron chi connectivity index (χ0n) is 10.6. The molecule has 1 aromatic carbocycles. The summed E-state index contributed by atoms with van der Waals surface area (Å²) < 4.78 is 13.2. The van der Waals surface area contributed by atoms with Gasteiger partial charge in [0.25, 0.3) is 0 Å². The maximum atomic E-state index is 13.2. The fraction of sp³-hybridized carbons (Fsp3) is 0.600. The molecule has 0 amide bonds. The first-order chi connectivity index (χ1) is 8.00. The van der Waals surface area contributed by atoms with Crippen molar-refractivity contribution in [3.63, 3.8) is 0 Å². The van der Waals surface area contributed by atoms with Crippen molar-refractivity contribution >= 4 is 0 Å². The fourth-order valence-corrected chi connectivity index (χ4v) is 2.86. The predicted octanol–water partition coefficient (Wildman–Crippen LogP) is 3.86. The van der Waals surface area contributed by atoms with Crippen LogP contribution in [0.5, 0.6) is 0 Å². The minimum absolute atomic E-state index is 0.250. The molecule has 2 rings (SSSR count). The predicted molar refractivity (Wildman–Crippen MR) is 67.1 cm³/mol. The molecule has 1 nitrogen and oxygen atoms in total. The van der Waals surface area contributed by atoms with Gasteiger partial charge in [0.1, 0.15) is 5.82 Å². The van der Waals surface area contributed by atoms with Crippen molar-refractivity contribution in [2.75, 3.05) is 0 Å². The van der Waals surface area contributed by atoms with Gasteiger partial charge in [-0.3, -0.25) is 0 Å². The summed E-state index contributed by atoms with van der Waals surface area (Å²) in [6, 6.07) is 6.37. The van der Waals surface area contributed by atoms with E-state index in [-0.39, 0.29) is 11.7 Å². The monoisotopic (exact) mass is 236 g/mol. The minimum Gasteiger partial charge on any atom is -0.385 e. The SMILES string of the molecule is CC1CCC(C(C)(O)c2cccc(F)c2)CC1. The van der Waals surface area contributed by atoms with Crippen LogP contribution in [0.1, 0.15) is 45.1 Å². The Morgan fingerprint density at radius 3 is 2.47 bits per heavy atom. The van der Waals surface area contributed by atoms with E-state index >= 15 is 0 Å². The summed E-state index contributed by atoms with van der Waals surface area (Å²) in [5.41, 5.74) is -0.195. The molecule has 0 bridgehead atoms. The molecule has 0 aliphatic heterocycles. The van der Waals surface area contributed by atoms with Crippen LogP contribution in [-0.2, 0) is 5.60 Å². The van der Waals surface area contributed by atoms with Gasteiger partial charge < -0.3 is 5.11 Å². The molecule has 1 atom stereocenters. The second kappa shape index (κ2) is 4.77. The molecule has 0 radical (unpaired) electrons. The summed E-state index contributed by atoms with van der Waals surface area (Å²) in [7, 11) is 0. The molecule has 1 fully saturated rings. The van der Waals surface area contributed by atoms with Gasteiger partial charge >= 0.3 is 0 Å². The Morgan fingerprint density at radius 1 is 1.24 bits per heavy atom. The number of halogens is 1. The van der Waals surface area contributed by atoms with E-state index in [1.54, 1.807) is 6.07 Å². The highest BCUT2D eigenvalue weighted by atomic mass is 19.1. The van der Waals surface area contributed by atoms with Crippen molar-refractivity contribution in [2.24, 2.45) is 11.8 Å². The van der Waals surface area contributed by atoms with E-state index in [0.717, 1.165) is 31.6 Å². The van der Waals surface area contributed by atoms with Crippen LogP contribution in [0.3, 0.4) is 0 Å². The van der Waals surface area contributed by atoms with Crippen LogP contribution in [0, 0.1) is 17.7 Å². The normalized spacial score (nSPS) is 28.7. The molecule has 94 valence electrons. The molecule has 2 heteroatoms. The molecule has 0 saturated heterocycles. The summed E-state index contributed by atoms with van der Waals surface area (Å²) in [4.78, 5) is 0. The van der Waals surface area contributed by atoms with Gasteiger partial charge in [0.05, 0.1) is 5.60 Å². The van der Waals surface area contributed by atoms with Crippen LogP contribution >= 0.6 is 0 Å². The van der Waals surface area contributed by atoms with E-state index in [2.05, 4.69) is 6.92 Å². The first kappa shape index (κ1) is 12.6. The van der Waals surface area contributed by atoms with Gasteiger partial charge in [-0.25, -0.2) is 4.39 Å². The lowest BCUT2D eigenvalue weighted by atomic mass is 9.72. The zero-order valence-corrected chi connectivity index (χ0v) is 10.6. The molecule has 0 aromatic heterocycles. The Labute approximate surface area is 103 Å². The van der Waals surface area contributed by atoms with Crippen LogP contribution in [0.4, 0.5) is 4.39 Å². The van der Waals surface area contributed by atoms with Crippen molar-refractivity contribution in [1.82, 2.24) is 0 Å². The van der Waals surface area contributed by atoms with E-state index in [1.807, 2.05) is 13.0 Å². The number of rotatable bonds is 2. The highest BCUT2D eigenvalue weighted by Gasteiger charge is 2.35. The number of aliphatic hydroxyl groups is 1. The summed E-state index contributed by atoms with van der Waals surface area (Å²) in [6.45, 7) is 4.08. The Hall–Kier alpha value is -0.890. The molecule has 1 saturated carbocycles. The standard InChI is InChI=1S/C15H21FO/c1-11-6-8-12(9-7-11)15(2,17)13-4-3-5-14(16)10-13/h3-5,10-12,17H,6-9H2,1-2H3. The lowest BCUT2D eigenvalue weighted by Gasteiger charge is -2.37. The highest BCUT2D eigenvalue weighted by molar-refractivity contribution is 5.23. The molecule has 1 aliphatic rings. The molecule has 1 N–H and O–H groups in total. The number of hydrogen-bond acceptors (Lipinski definition) is 1. The second-order valence-corrected chi connectivity index (χ2v) is 5.61. The Kier molecular flexibility index (Phi) is 3.53.